The minimum atomic E-state index is -0.465. The van der Waals surface area contributed by atoms with Crippen LogP contribution in [-0.2, 0) is 5.41 Å². The van der Waals surface area contributed by atoms with E-state index >= 15 is 0 Å². The molecule has 106 valence electrons. The summed E-state index contributed by atoms with van der Waals surface area (Å²) in [6.07, 6.45) is -0.465. The van der Waals surface area contributed by atoms with Gasteiger partial charge in [0.2, 0.25) is 6.10 Å². The summed E-state index contributed by atoms with van der Waals surface area (Å²) in [6, 6.07) is 4.71. The molecule has 1 aromatic carbocycles. The van der Waals surface area contributed by atoms with Gasteiger partial charge in [0.1, 0.15) is 12.4 Å². The van der Waals surface area contributed by atoms with Gasteiger partial charge in [-0.15, -0.1) is 0 Å². The van der Waals surface area contributed by atoms with Gasteiger partial charge in [0, 0.05) is 11.5 Å². The van der Waals surface area contributed by atoms with Crippen molar-refractivity contribution in [3.05, 3.63) is 29.9 Å². The molecule has 0 spiro atoms. The third-order valence-electron chi connectivity index (χ3n) is 2.97. The molecule has 1 aliphatic heterocycles. The predicted octanol–water partition coefficient (Wildman–Crippen LogP) is 2.59. The molecule has 0 bridgehead atoms. The van der Waals surface area contributed by atoms with Gasteiger partial charge in [-0.05, 0) is 12.1 Å². The van der Waals surface area contributed by atoms with Crippen molar-refractivity contribution < 1.29 is 19.1 Å². The molecule has 0 unspecified atom stereocenters. The summed E-state index contributed by atoms with van der Waals surface area (Å²) in [5.41, 5.74) is -0.187. The second-order valence-electron chi connectivity index (χ2n) is 5.75. The van der Waals surface area contributed by atoms with Gasteiger partial charge >= 0.3 is 0 Å². The van der Waals surface area contributed by atoms with Crippen molar-refractivity contribution >= 4 is 0 Å². The SMILES string of the molecule is CC(C)(C)c1noc([C@@H]2COc3ccc(O)cc3O2)n1. The minimum Gasteiger partial charge on any atom is -0.508 e. The van der Waals surface area contributed by atoms with Crippen molar-refractivity contribution in [3.8, 4) is 17.2 Å². The lowest BCUT2D eigenvalue weighted by Gasteiger charge is -2.24. The fourth-order valence-electron chi connectivity index (χ4n) is 1.85. The van der Waals surface area contributed by atoms with Crippen LogP contribution in [0, 0.1) is 0 Å². The molecule has 0 aliphatic carbocycles. The van der Waals surface area contributed by atoms with Crippen LogP contribution in [0.1, 0.15) is 38.6 Å². The summed E-state index contributed by atoms with van der Waals surface area (Å²) in [6.45, 7) is 6.32. The zero-order chi connectivity index (χ0) is 14.3. The van der Waals surface area contributed by atoms with Crippen molar-refractivity contribution in [3.63, 3.8) is 0 Å². The number of benzene rings is 1. The highest BCUT2D eigenvalue weighted by Crippen LogP contribution is 2.38. The Bertz CT molecular complexity index is 630. The number of nitrogens with zero attached hydrogens (tertiary/aromatic N) is 2. The molecule has 3 rings (SSSR count). The van der Waals surface area contributed by atoms with Crippen LogP contribution >= 0.6 is 0 Å². The number of hydrogen-bond donors (Lipinski definition) is 1. The van der Waals surface area contributed by atoms with Gasteiger partial charge in [-0.25, -0.2) is 0 Å². The maximum absolute atomic E-state index is 9.47. The molecule has 0 amide bonds. The standard InChI is InChI=1S/C14H16N2O4/c1-14(2,3)13-15-12(20-16-13)11-7-18-9-5-4-8(17)6-10(9)19-11/h4-6,11,17H,7H2,1-3H3/t11-/m0/s1. The van der Waals surface area contributed by atoms with E-state index in [1.807, 2.05) is 20.8 Å². The molecular formula is C14H16N2O4. The van der Waals surface area contributed by atoms with Gasteiger partial charge in [0.05, 0.1) is 0 Å². The van der Waals surface area contributed by atoms with E-state index in [1.165, 1.54) is 6.07 Å². The summed E-state index contributed by atoms with van der Waals surface area (Å²) in [7, 11) is 0. The second-order valence-corrected chi connectivity index (χ2v) is 5.75. The fraction of sp³-hybridized carbons (Fsp3) is 0.429. The molecule has 0 saturated heterocycles. The number of rotatable bonds is 1. The first-order chi connectivity index (χ1) is 9.43. The average Bonchev–Trinajstić information content (AvgIpc) is 2.87. The first kappa shape index (κ1) is 12.8. The van der Waals surface area contributed by atoms with Crippen LogP contribution in [0.3, 0.4) is 0 Å². The molecule has 6 heteroatoms. The lowest BCUT2D eigenvalue weighted by Crippen LogP contribution is -2.22. The largest absolute Gasteiger partial charge is 0.508 e. The Labute approximate surface area is 116 Å². The number of ether oxygens (including phenoxy) is 2. The van der Waals surface area contributed by atoms with Crippen molar-refractivity contribution in [2.75, 3.05) is 6.61 Å². The molecule has 0 saturated carbocycles. The van der Waals surface area contributed by atoms with Gasteiger partial charge in [0.25, 0.3) is 5.89 Å². The Balaban J connectivity index is 1.85. The van der Waals surface area contributed by atoms with Crippen LogP contribution in [0.2, 0.25) is 0 Å². The monoisotopic (exact) mass is 276 g/mol. The Hall–Kier alpha value is -2.24. The number of hydrogen-bond acceptors (Lipinski definition) is 6. The maximum Gasteiger partial charge on any atom is 0.271 e. The number of aromatic hydroxyl groups is 1. The van der Waals surface area contributed by atoms with Crippen LogP contribution < -0.4 is 9.47 Å². The first-order valence-corrected chi connectivity index (χ1v) is 6.40. The molecule has 2 heterocycles. The van der Waals surface area contributed by atoms with E-state index in [4.69, 9.17) is 14.0 Å². The quantitative estimate of drug-likeness (QED) is 0.862. The molecule has 0 radical (unpaired) electrons. The van der Waals surface area contributed by atoms with E-state index in [0.29, 0.717) is 29.8 Å². The van der Waals surface area contributed by atoms with Gasteiger partial charge in [-0.2, -0.15) is 4.98 Å². The number of fused-ring (bicyclic) bond motifs is 1. The first-order valence-electron chi connectivity index (χ1n) is 6.40. The lowest BCUT2D eigenvalue weighted by atomic mass is 9.96. The van der Waals surface area contributed by atoms with Crippen molar-refractivity contribution in [1.29, 1.82) is 0 Å². The van der Waals surface area contributed by atoms with Gasteiger partial charge in [0.15, 0.2) is 17.3 Å². The minimum absolute atomic E-state index is 0.119. The summed E-state index contributed by atoms with van der Waals surface area (Å²) < 4.78 is 16.6. The molecule has 20 heavy (non-hydrogen) atoms. The van der Waals surface area contributed by atoms with E-state index in [0.717, 1.165) is 0 Å². The van der Waals surface area contributed by atoms with Crippen molar-refractivity contribution in [1.82, 2.24) is 10.1 Å². The van der Waals surface area contributed by atoms with Gasteiger partial charge < -0.3 is 19.1 Å². The average molecular weight is 276 g/mol. The molecule has 2 aromatic rings. The van der Waals surface area contributed by atoms with Crippen LogP contribution in [0.15, 0.2) is 22.7 Å². The summed E-state index contributed by atoms with van der Waals surface area (Å²) in [4.78, 5) is 4.36. The van der Waals surface area contributed by atoms with E-state index in [2.05, 4.69) is 10.1 Å². The predicted molar refractivity (Wildman–Crippen MR) is 70.0 cm³/mol. The van der Waals surface area contributed by atoms with Gasteiger partial charge in [-0.1, -0.05) is 25.9 Å². The number of phenolic OH excluding ortho intramolecular Hbond substituents is 1. The summed E-state index contributed by atoms with van der Waals surface area (Å²) in [5.74, 6) is 2.18. The molecule has 0 fully saturated rings. The number of phenols is 1. The maximum atomic E-state index is 9.47. The molecule has 6 nitrogen and oxygen atoms in total. The fourth-order valence-corrected chi connectivity index (χ4v) is 1.85. The van der Waals surface area contributed by atoms with Crippen LogP contribution in [0.5, 0.6) is 17.2 Å². The van der Waals surface area contributed by atoms with Gasteiger partial charge in [-0.3, -0.25) is 0 Å². The Morgan fingerprint density at radius 1 is 1.25 bits per heavy atom. The second kappa shape index (κ2) is 4.40. The highest BCUT2D eigenvalue weighted by molar-refractivity contribution is 5.46. The molecule has 1 aliphatic rings. The highest BCUT2D eigenvalue weighted by atomic mass is 16.6. The zero-order valence-electron chi connectivity index (χ0n) is 11.6. The third kappa shape index (κ3) is 2.29. The van der Waals surface area contributed by atoms with E-state index < -0.39 is 6.10 Å². The molecular weight excluding hydrogens is 260 g/mol. The van der Waals surface area contributed by atoms with E-state index in [9.17, 15) is 5.11 Å². The smallest absolute Gasteiger partial charge is 0.271 e. The molecule has 1 atom stereocenters. The van der Waals surface area contributed by atoms with Crippen molar-refractivity contribution in [2.45, 2.75) is 32.3 Å². The van der Waals surface area contributed by atoms with Crippen LogP contribution in [0.25, 0.3) is 0 Å². The van der Waals surface area contributed by atoms with Crippen molar-refractivity contribution in [2.24, 2.45) is 0 Å². The highest BCUT2D eigenvalue weighted by Gasteiger charge is 2.30. The lowest BCUT2D eigenvalue weighted by molar-refractivity contribution is 0.0662. The Morgan fingerprint density at radius 3 is 2.75 bits per heavy atom. The number of aromatic nitrogens is 2. The topological polar surface area (TPSA) is 77.6 Å². The Kier molecular flexibility index (Phi) is 2.81. The Morgan fingerprint density at radius 2 is 2.05 bits per heavy atom. The zero-order valence-corrected chi connectivity index (χ0v) is 11.6. The molecule has 1 N–H and O–H groups in total. The van der Waals surface area contributed by atoms with Crippen LogP contribution in [0.4, 0.5) is 0 Å². The van der Waals surface area contributed by atoms with E-state index in [1.54, 1.807) is 12.1 Å². The summed E-state index contributed by atoms with van der Waals surface area (Å²) >= 11 is 0. The summed E-state index contributed by atoms with van der Waals surface area (Å²) in [5, 5.41) is 13.4. The van der Waals surface area contributed by atoms with Crippen LogP contribution in [-0.4, -0.2) is 21.9 Å². The third-order valence-corrected chi connectivity index (χ3v) is 2.97. The van der Waals surface area contributed by atoms with E-state index in [-0.39, 0.29) is 11.2 Å². The normalized spacial score (nSPS) is 18.1. The molecule has 1 aromatic heterocycles.